The Morgan fingerprint density at radius 2 is 1.50 bits per heavy atom. The Morgan fingerprint density at radius 3 is 2.05 bits per heavy atom. The molecule has 0 aromatic heterocycles. The van der Waals surface area contributed by atoms with Crippen LogP contribution >= 0.6 is 11.9 Å². The van der Waals surface area contributed by atoms with Crippen molar-refractivity contribution in [2.24, 2.45) is 0 Å². The van der Waals surface area contributed by atoms with Crippen molar-refractivity contribution in [2.75, 3.05) is 6.54 Å². The summed E-state index contributed by atoms with van der Waals surface area (Å²) in [6.45, 7) is 3.31. The molecule has 1 heterocycles. The number of carbonyl (C=O) groups excluding carboxylic acids is 1. The van der Waals surface area contributed by atoms with E-state index in [1.54, 1.807) is 11.9 Å². The highest BCUT2D eigenvalue weighted by Gasteiger charge is 2.18. The molecule has 1 aliphatic rings. The first-order chi connectivity index (χ1) is 9.88. The van der Waals surface area contributed by atoms with E-state index >= 15 is 0 Å². The summed E-state index contributed by atoms with van der Waals surface area (Å²) in [5.74, 6) is 0. The fraction of sp³-hybridized carbons (Fsp3) is 0.824. The SMILES string of the molecule is CCCCCCCCCCCCCN1SC=CC1C=O. The van der Waals surface area contributed by atoms with Crippen LogP contribution in [0.15, 0.2) is 11.5 Å². The second-order valence-corrected chi connectivity index (χ2v) is 6.69. The van der Waals surface area contributed by atoms with Crippen molar-refractivity contribution >= 4 is 18.2 Å². The maximum Gasteiger partial charge on any atom is 0.141 e. The molecule has 0 bridgehead atoms. The van der Waals surface area contributed by atoms with Crippen LogP contribution in [0.4, 0.5) is 0 Å². The monoisotopic (exact) mass is 297 g/mol. The van der Waals surface area contributed by atoms with E-state index in [-0.39, 0.29) is 6.04 Å². The van der Waals surface area contributed by atoms with E-state index in [0.717, 1.165) is 12.8 Å². The summed E-state index contributed by atoms with van der Waals surface area (Å²) < 4.78 is 2.18. The average molecular weight is 298 g/mol. The van der Waals surface area contributed by atoms with Crippen LogP contribution in [0, 0.1) is 0 Å². The highest BCUT2D eigenvalue weighted by Crippen LogP contribution is 2.24. The molecule has 1 aliphatic heterocycles. The van der Waals surface area contributed by atoms with Gasteiger partial charge in [-0.2, -0.15) is 0 Å². The highest BCUT2D eigenvalue weighted by atomic mass is 32.2. The maximum atomic E-state index is 10.8. The molecule has 2 nitrogen and oxygen atoms in total. The van der Waals surface area contributed by atoms with Gasteiger partial charge in [0.15, 0.2) is 0 Å². The van der Waals surface area contributed by atoms with Gasteiger partial charge < -0.3 is 4.79 Å². The van der Waals surface area contributed by atoms with Crippen molar-refractivity contribution in [3.8, 4) is 0 Å². The molecule has 0 aliphatic carbocycles. The van der Waals surface area contributed by atoms with Crippen LogP contribution in [0.3, 0.4) is 0 Å². The van der Waals surface area contributed by atoms with Gasteiger partial charge in [0.1, 0.15) is 6.29 Å². The maximum absolute atomic E-state index is 10.8. The van der Waals surface area contributed by atoms with Crippen LogP contribution < -0.4 is 0 Å². The molecule has 1 rings (SSSR count). The first kappa shape index (κ1) is 17.8. The standard InChI is InChI=1S/C17H31NOS/c1-2-3-4-5-6-7-8-9-10-11-12-14-18-17(16-19)13-15-20-18/h13,15-17H,2-12,14H2,1H3. The number of unbranched alkanes of at least 4 members (excludes halogenated alkanes) is 10. The van der Waals surface area contributed by atoms with Gasteiger partial charge in [0.25, 0.3) is 0 Å². The van der Waals surface area contributed by atoms with Gasteiger partial charge in [0.2, 0.25) is 0 Å². The molecule has 0 spiro atoms. The van der Waals surface area contributed by atoms with E-state index in [1.165, 1.54) is 70.6 Å². The van der Waals surface area contributed by atoms with E-state index < -0.39 is 0 Å². The molecule has 0 saturated carbocycles. The van der Waals surface area contributed by atoms with Crippen molar-refractivity contribution < 1.29 is 4.79 Å². The second kappa shape index (κ2) is 12.5. The Bertz CT molecular complexity index is 268. The molecule has 3 heteroatoms. The number of hydrogen-bond acceptors (Lipinski definition) is 3. The molecular formula is C17H31NOS. The lowest BCUT2D eigenvalue weighted by molar-refractivity contribution is -0.109. The first-order valence-electron chi connectivity index (χ1n) is 8.44. The fourth-order valence-electron chi connectivity index (χ4n) is 2.61. The molecule has 0 amide bonds. The Balaban J connectivity index is 1.80. The molecule has 1 atom stereocenters. The van der Waals surface area contributed by atoms with E-state index in [4.69, 9.17) is 0 Å². The van der Waals surface area contributed by atoms with E-state index in [0.29, 0.717) is 0 Å². The van der Waals surface area contributed by atoms with Gasteiger partial charge in [-0.3, -0.25) is 0 Å². The zero-order chi connectivity index (χ0) is 14.5. The summed E-state index contributed by atoms with van der Waals surface area (Å²) >= 11 is 1.68. The average Bonchev–Trinajstić information content (AvgIpc) is 2.92. The predicted molar refractivity (Wildman–Crippen MR) is 89.8 cm³/mol. The van der Waals surface area contributed by atoms with Gasteiger partial charge in [0.05, 0.1) is 6.04 Å². The van der Waals surface area contributed by atoms with Crippen molar-refractivity contribution in [1.82, 2.24) is 4.31 Å². The fourth-order valence-corrected chi connectivity index (χ4v) is 3.49. The molecule has 116 valence electrons. The van der Waals surface area contributed by atoms with Crippen LogP contribution in [0.2, 0.25) is 0 Å². The molecule has 0 N–H and O–H groups in total. The third kappa shape index (κ3) is 8.11. The molecule has 1 unspecified atom stereocenters. The van der Waals surface area contributed by atoms with Crippen molar-refractivity contribution in [2.45, 2.75) is 83.6 Å². The van der Waals surface area contributed by atoms with E-state index in [9.17, 15) is 4.79 Å². The number of carbonyl (C=O) groups is 1. The van der Waals surface area contributed by atoms with Crippen molar-refractivity contribution in [3.05, 3.63) is 11.5 Å². The first-order valence-corrected chi connectivity index (χ1v) is 9.27. The quantitative estimate of drug-likeness (QED) is 0.260. The normalized spacial score (nSPS) is 18.8. The molecule has 20 heavy (non-hydrogen) atoms. The zero-order valence-corrected chi connectivity index (χ0v) is 13.9. The molecular weight excluding hydrogens is 266 g/mol. The summed E-state index contributed by atoms with van der Waals surface area (Å²) in [7, 11) is 0. The minimum absolute atomic E-state index is 0.0168. The largest absolute Gasteiger partial charge is 0.301 e. The lowest BCUT2D eigenvalue weighted by Gasteiger charge is -2.17. The molecule has 0 fully saturated rings. The molecule has 0 radical (unpaired) electrons. The number of hydrogen-bond donors (Lipinski definition) is 0. The van der Waals surface area contributed by atoms with Crippen molar-refractivity contribution in [3.63, 3.8) is 0 Å². The Morgan fingerprint density at radius 1 is 0.950 bits per heavy atom. The van der Waals surface area contributed by atoms with Gasteiger partial charge in [-0.15, -0.1) is 0 Å². The summed E-state index contributed by atoms with van der Waals surface area (Å²) in [5, 5.41) is 2.03. The lowest BCUT2D eigenvalue weighted by atomic mass is 10.1. The van der Waals surface area contributed by atoms with Crippen LogP contribution in [0.5, 0.6) is 0 Å². The van der Waals surface area contributed by atoms with Crippen LogP contribution in [0.25, 0.3) is 0 Å². The van der Waals surface area contributed by atoms with E-state index in [1.807, 2.05) is 11.5 Å². The molecule has 0 aromatic carbocycles. The predicted octanol–water partition coefficient (Wildman–Crippen LogP) is 5.34. The smallest absolute Gasteiger partial charge is 0.141 e. The lowest BCUT2D eigenvalue weighted by Crippen LogP contribution is -2.26. The minimum Gasteiger partial charge on any atom is -0.301 e. The second-order valence-electron chi connectivity index (χ2n) is 5.74. The van der Waals surface area contributed by atoms with Crippen LogP contribution in [-0.4, -0.2) is 23.2 Å². The molecule has 0 aromatic rings. The Hall–Kier alpha value is -0.280. The van der Waals surface area contributed by atoms with Gasteiger partial charge >= 0.3 is 0 Å². The Kier molecular flexibility index (Phi) is 11.1. The van der Waals surface area contributed by atoms with Crippen molar-refractivity contribution in [1.29, 1.82) is 0 Å². The topological polar surface area (TPSA) is 20.3 Å². The number of aldehydes is 1. The molecule has 0 saturated heterocycles. The minimum atomic E-state index is 0.0168. The van der Waals surface area contributed by atoms with Gasteiger partial charge in [-0.05, 0) is 23.8 Å². The summed E-state index contributed by atoms with van der Waals surface area (Å²) in [6.07, 6.45) is 18.1. The van der Waals surface area contributed by atoms with E-state index in [2.05, 4.69) is 11.2 Å². The summed E-state index contributed by atoms with van der Waals surface area (Å²) in [6, 6.07) is 0.0168. The van der Waals surface area contributed by atoms with Crippen LogP contribution in [0.1, 0.15) is 77.6 Å². The third-order valence-corrected chi connectivity index (χ3v) is 4.90. The number of rotatable bonds is 13. The van der Waals surface area contributed by atoms with Gasteiger partial charge in [-0.1, -0.05) is 77.2 Å². The van der Waals surface area contributed by atoms with Gasteiger partial charge in [-0.25, -0.2) is 4.31 Å². The Labute approximate surface area is 129 Å². The van der Waals surface area contributed by atoms with Crippen LogP contribution in [-0.2, 0) is 4.79 Å². The summed E-state index contributed by atoms with van der Waals surface area (Å²) in [5.41, 5.74) is 0. The highest BCUT2D eigenvalue weighted by molar-refractivity contribution is 8.00. The number of nitrogens with zero attached hydrogens (tertiary/aromatic N) is 1. The van der Waals surface area contributed by atoms with Gasteiger partial charge in [0, 0.05) is 6.54 Å². The summed E-state index contributed by atoms with van der Waals surface area (Å²) in [4.78, 5) is 10.8. The zero-order valence-electron chi connectivity index (χ0n) is 13.1. The third-order valence-electron chi connectivity index (χ3n) is 3.93.